The van der Waals surface area contributed by atoms with Crippen LogP contribution in [0, 0.1) is 5.92 Å². The van der Waals surface area contributed by atoms with Gasteiger partial charge in [-0.25, -0.2) is 4.99 Å². The largest absolute Gasteiger partial charge is 0.467 e. The van der Waals surface area contributed by atoms with Crippen LogP contribution >= 0.6 is 0 Å². The summed E-state index contributed by atoms with van der Waals surface area (Å²) in [7, 11) is 0. The fourth-order valence-electron chi connectivity index (χ4n) is 2.25. The molecule has 0 spiro atoms. The van der Waals surface area contributed by atoms with Gasteiger partial charge < -0.3 is 24.5 Å². The lowest BCUT2D eigenvalue weighted by Gasteiger charge is -2.12. The predicted octanol–water partition coefficient (Wildman–Crippen LogP) is 1.78. The van der Waals surface area contributed by atoms with Crippen LogP contribution in [0.25, 0.3) is 0 Å². The van der Waals surface area contributed by atoms with Crippen molar-refractivity contribution in [2.24, 2.45) is 10.9 Å². The van der Waals surface area contributed by atoms with Crippen LogP contribution in [0.2, 0.25) is 0 Å². The first kappa shape index (κ1) is 16.8. The van der Waals surface area contributed by atoms with Gasteiger partial charge in [-0.2, -0.15) is 0 Å². The number of nitrogens with zero attached hydrogens (tertiary/aromatic N) is 1. The Morgan fingerprint density at radius 2 is 2.41 bits per heavy atom. The van der Waals surface area contributed by atoms with Crippen LogP contribution in [0.15, 0.2) is 27.8 Å². The van der Waals surface area contributed by atoms with Crippen LogP contribution in [0.5, 0.6) is 0 Å². The molecule has 1 aromatic rings. The number of aliphatic imine (C=N–C) groups is 1. The first-order valence-corrected chi connectivity index (χ1v) is 8.08. The molecule has 6 heteroatoms. The molecule has 1 saturated heterocycles. The van der Waals surface area contributed by atoms with E-state index in [1.54, 1.807) is 6.26 Å². The maximum Gasteiger partial charge on any atom is 0.191 e. The second-order valence-corrected chi connectivity index (χ2v) is 5.36. The Hall–Kier alpha value is -1.53. The van der Waals surface area contributed by atoms with Crippen molar-refractivity contribution in [2.45, 2.75) is 26.3 Å². The van der Waals surface area contributed by atoms with Crippen LogP contribution in [-0.2, 0) is 16.0 Å². The van der Waals surface area contributed by atoms with Crippen molar-refractivity contribution < 1.29 is 13.9 Å². The zero-order chi connectivity index (χ0) is 15.5. The molecule has 2 N–H and O–H groups in total. The lowest BCUT2D eigenvalue weighted by Crippen LogP contribution is -2.38. The van der Waals surface area contributed by atoms with Gasteiger partial charge in [0.05, 0.1) is 19.5 Å². The third-order valence-electron chi connectivity index (χ3n) is 3.45. The number of hydrogen-bond acceptors (Lipinski definition) is 4. The van der Waals surface area contributed by atoms with E-state index < -0.39 is 0 Å². The highest BCUT2D eigenvalue weighted by Gasteiger charge is 2.15. The molecule has 124 valence electrons. The van der Waals surface area contributed by atoms with Crippen molar-refractivity contribution in [3.8, 4) is 0 Å². The average Bonchev–Trinajstić information content (AvgIpc) is 3.21. The molecule has 2 rings (SSSR count). The minimum Gasteiger partial charge on any atom is -0.467 e. The fourth-order valence-corrected chi connectivity index (χ4v) is 2.25. The van der Waals surface area contributed by atoms with Gasteiger partial charge >= 0.3 is 0 Å². The standard InChI is InChI=1S/C16H27N3O3/c1-2-17-16(19-11-15-5-3-9-22-15)18-7-4-8-20-12-14-6-10-21-13-14/h3,5,9,14H,2,4,6-8,10-13H2,1H3,(H2,17,18,19). The Bertz CT molecular complexity index is 414. The summed E-state index contributed by atoms with van der Waals surface area (Å²) < 4.78 is 16.3. The highest BCUT2D eigenvalue weighted by molar-refractivity contribution is 5.79. The molecule has 0 amide bonds. The summed E-state index contributed by atoms with van der Waals surface area (Å²) in [5.41, 5.74) is 0. The molecule has 0 aliphatic carbocycles. The first-order valence-electron chi connectivity index (χ1n) is 8.08. The Morgan fingerprint density at radius 3 is 3.14 bits per heavy atom. The maximum atomic E-state index is 5.68. The van der Waals surface area contributed by atoms with E-state index in [-0.39, 0.29) is 0 Å². The SMILES string of the molecule is CCNC(=NCc1ccco1)NCCCOCC1CCOC1. The Morgan fingerprint density at radius 1 is 1.45 bits per heavy atom. The van der Waals surface area contributed by atoms with E-state index in [2.05, 4.69) is 22.5 Å². The summed E-state index contributed by atoms with van der Waals surface area (Å²) in [6.07, 6.45) is 3.75. The summed E-state index contributed by atoms with van der Waals surface area (Å²) in [5.74, 6) is 2.25. The maximum absolute atomic E-state index is 5.68. The smallest absolute Gasteiger partial charge is 0.191 e. The molecular weight excluding hydrogens is 282 g/mol. The summed E-state index contributed by atoms with van der Waals surface area (Å²) in [5, 5.41) is 6.52. The van der Waals surface area contributed by atoms with E-state index in [0.717, 1.165) is 64.1 Å². The van der Waals surface area contributed by atoms with Crippen LogP contribution in [0.4, 0.5) is 0 Å². The highest BCUT2D eigenvalue weighted by atomic mass is 16.5. The van der Waals surface area contributed by atoms with Gasteiger partial charge in [0.25, 0.3) is 0 Å². The lowest BCUT2D eigenvalue weighted by molar-refractivity contribution is 0.0888. The molecular formula is C16H27N3O3. The minimum absolute atomic E-state index is 0.542. The van der Waals surface area contributed by atoms with Crippen molar-refractivity contribution in [1.82, 2.24) is 10.6 Å². The molecule has 6 nitrogen and oxygen atoms in total. The van der Waals surface area contributed by atoms with Gasteiger partial charge in [-0.1, -0.05) is 0 Å². The quantitative estimate of drug-likeness (QED) is 0.413. The van der Waals surface area contributed by atoms with E-state index in [0.29, 0.717) is 12.5 Å². The second kappa shape index (κ2) is 10.2. The number of guanidine groups is 1. The van der Waals surface area contributed by atoms with Gasteiger partial charge in [-0.3, -0.25) is 0 Å². The number of ether oxygens (including phenoxy) is 2. The molecule has 0 saturated carbocycles. The molecule has 1 fully saturated rings. The molecule has 1 aromatic heterocycles. The summed E-state index contributed by atoms with van der Waals surface area (Å²) >= 11 is 0. The summed E-state index contributed by atoms with van der Waals surface area (Å²) in [4.78, 5) is 4.48. The van der Waals surface area contributed by atoms with Gasteiger partial charge in [0.1, 0.15) is 12.3 Å². The van der Waals surface area contributed by atoms with Gasteiger partial charge in [-0.05, 0) is 31.9 Å². The summed E-state index contributed by atoms with van der Waals surface area (Å²) in [6, 6.07) is 3.80. The van der Waals surface area contributed by atoms with Crippen molar-refractivity contribution in [2.75, 3.05) is 39.5 Å². The molecule has 0 aromatic carbocycles. The molecule has 22 heavy (non-hydrogen) atoms. The number of furan rings is 1. The third kappa shape index (κ3) is 6.49. The number of hydrogen-bond donors (Lipinski definition) is 2. The zero-order valence-electron chi connectivity index (χ0n) is 13.3. The van der Waals surface area contributed by atoms with E-state index in [9.17, 15) is 0 Å². The minimum atomic E-state index is 0.542. The molecule has 1 atom stereocenters. The zero-order valence-corrected chi connectivity index (χ0v) is 13.3. The van der Waals surface area contributed by atoms with Crippen molar-refractivity contribution >= 4 is 5.96 Å². The van der Waals surface area contributed by atoms with E-state index in [4.69, 9.17) is 13.9 Å². The highest BCUT2D eigenvalue weighted by Crippen LogP contribution is 2.12. The van der Waals surface area contributed by atoms with Crippen molar-refractivity contribution in [3.63, 3.8) is 0 Å². The van der Waals surface area contributed by atoms with E-state index in [1.165, 1.54) is 0 Å². The third-order valence-corrected chi connectivity index (χ3v) is 3.45. The fraction of sp³-hybridized carbons (Fsp3) is 0.688. The Labute approximate surface area is 132 Å². The lowest BCUT2D eigenvalue weighted by atomic mass is 10.1. The van der Waals surface area contributed by atoms with Gasteiger partial charge in [-0.15, -0.1) is 0 Å². The molecule has 1 unspecified atom stereocenters. The molecule has 2 heterocycles. The van der Waals surface area contributed by atoms with E-state index in [1.807, 2.05) is 12.1 Å². The first-order chi connectivity index (χ1) is 10.9. The monoisotopic (exact) mass is 309 g/mol. The van der Waals surface area contributed by atoms with Crippen LogP contribution < -0.4 is 10.6 Å². The average molecular weight is 309 g/mol. The van der Waals surface area contributed by atoms with Gasteiger partial charge in [0.2, 0.25) is 0 Å². The van der Waals surface area contributed by atoms with Crippen LogP contribution in [0.3, 0.4) is 0 Å². The van der Waals surface area contributed by atoms with Crippen LogP contribution in [0.1, 0.15) is 25.5 Å². The number of rotatable bonds is 9. The van der Waals surface area contributed by atoms with Crippen molar-refractivity contribution in [1.29, 1.82) is 0 Å². The molecule has 0 bridgehead atoms. The normalized spacial score (nSPS) is 18.6. The number of nitrogens with one attached hydrogen (secondary N) is 2. The van der Waals surface area contributed by atoms with E-state index >= 15 is 0 Å². The Balaban J connectivity index is 1.56. The summed E-state index contributed by atoms with van der Waals surface area (Å²) in [6.45, 7) is 7.58. The Kier molecular flexibility index (Phi) is 7.83. The van der Waals surface area contributed by atoms with Crippen molar-refractivity contribution in [3.05, 3.63) is 24.2 Å². The van der Waals surface area contributed by atoms with Crippen LogP contribution in [-0.4, -0.2) is 45.5 Å². The molecule has 1 aliphatic rings. The molecule has 1 aliphatic heterocycles. The topological polar surface area (TPSA) is 68.0 Å². The molecule has 0 radical (unpaired) electrons. The second-order valence-electron chi connectivity index (χ2n) is 5.36. The predicted molar refractivity (Wildman–Crippen MR) is 85.9 cm³/mol. The van der Waals surface area contributed by atoms with Gasteiger partial charge in [0.15, 0.2) is 5.96 Å². The van der Waals surface area contributed by atoms with Gasteiger partial charge in [0, 0.05) is 32.2 Å².